The van der Waals surface area contributed by atoms with E-state index >= 15 is 0 Å². The summed E-state index contributed by atoms with van der Waals surface area (Å²) in [5.41, 5.74) is 5.21. The first kappa shape index (κ1) is 22.8. The Kier molecular flexibility index (Phi) is 7.81. The van der Waals surface area contributed by atoms with E-state index in [4.69, 9.17) is 0 Å². The normalized spacial score (nSPS) is 13.8. The summed E-state index contributed by atoms with van der Waals surface area (Å²) in [4.78, 5) is 16.1. The van der Waals surface area contributed by atoms with Crippen molar-refractivity contribution >= 4 is 11.3 Å². The summed E-state index contributed by atoms with van der Waals surface area (Å²) in [7, 11) is 0. The number of aromatic nitrogens is 1. The Bertz CT molecular complexity index is 1010. The van der Waals surface area contributed by atoms with Gasteiger partial charge in [-0.05, 0) is 93.3 Å². The highest BCUT2D eigenvalue weighted by Gasteiger charge is 2.23. The molecule has 1 aliphatic carbocycles. The van der Waals surface area contributed by atoms with Crippen molar-refractivity contribution in [1.82, 2.24) is 9.30 Å². The zero-order valence-corrected chi connectivity index (χ0v) is 19.9. The van der Waals surface area contributed by atoms with Crippen molar-refractivity contribution in [1.29, 1.82) is 0 Å². The maximum atomic E-state index is 13.5. The van der Waals surface area contributed by atoms with E-state index in [1.165, 1.54) is 56.4 Å². The van der Waals surface area contributed by atoms with Gasteiger partial charge in [0.15, 0.2) is 0 Å². The minimum Gasteiger partial charge on any atom is -0.313 e. The zero-order valence-electron chi connectivity index (χ0n) is 19.9. The SMILES string of the molecule is CCCCc1cc2ccccn2c1C(=O)c1ccc(CCCN(CCC)CC2CC2)cc1. The Balaban J connectivity index is 1.42. The first-order chi connectivity index (χ1) is 15.7. The molecule has 0 amide bonds. The van der Waals surface area contributed by atoms with Gasteiger partial charge in [0.1, 0.15) is 0 Å². The maximum Gasteiger partial charge on any atom is 0.210 e. The second-order valence-corrected chi connectivity index (χ2v) is 9.49. The molecular formula is C29H38N2O. The fraction of sp³-hybridized carbons (Fsp3) is 0.483. The molecule has 32 heavy (non-hydrogen) atoms. The summed E-state index contributed by atoms with van der Waals surface area (Å²) in [6.07, 6.45) is 11.5. The number of hydrogen-bond acceptors (Lipinski definition) is 2. The third kappa shape index (κ3) is 5.69. The smallest absolute Gasteiger partial charge is 0.210 e. The number of carbonyl (C=O) groups is 1. The van der Waals surface area contributed by atoms with Crippen LogP contribution in [0, 0.1) is 5.92 Å². The molecule has 0 radical (unpaired) electrons. The predicted molar refractivity (Wildman–Crippen MR) is 134 cm³/mol. The molecule has 0 saturated heterocycles. The van der Waals surface area contributed by atoms with E-state index in [2.05, 4.69) is 47.4 Å². The molecule has 1 aromatic carbocycles. The van der Waals surface area contributed by atoms with Gasteiger partial charge in [-0.15, -0.1) is 0 Å². The van der Waals surface area contributed by atoms with Crippen LogP contribution in [0.5, 0.6) is 0 Å². The predicted octanol–water partition coefficient (Wildman–Crippen LogP) is 6.57. The van der Waals surface area contributed by atoms with Gasteiger partial charge in [-0.3, -0.25) is 4.79 Å². The zero-order chi connectivity index (χ0) is 22.3. The molecule has 2 heterocycles. The number of rotatable bonds is 13. The molecule has 1 saturated carbocycles. The number of unbranched alkanes of at least 4 members (excludes halogenated alkanes) is 1. The van der Waals surface area contributed by atoms with Crippen molar-refractivity contribution in [3.8, 4) is 0 Å². The topological polar surface area (TPSA) is 24.7 Å². The van der Waals surface area contributed by atoms with Crippen molar-refractivity contribution in [2.24, 2.45) is 5.92 Å². The van der Waals surface area contributed by atoms with Gasteiger partial charge in [0, 0.05) is 23.8 Å². The fourth-order valence-electron chi connectivity index (χ4n) is 4.73. The number of carbonyl (C=O) groups excluding carboxylic acids is 1. The minimum absolute atomic E-state index is 0.132. The molecule has 3 heteroatoms. The summed E-state index contributed by atoms with van der Waals surface area (Å²) in [5, 5.41) is 0. The molecule has 0 spiro atoms. The third-order valence-corrected chi connectivity index (χ3v) is 6.68. The Hall–Kier alpha value is -2.39. The second-order valence-electron chi connectivity index (χ2n) is 9.49. The summed E-state index contributed by atoms with van der Waals surface area (Å²) in [5.74, 6) is 1.09. The highest BCUT2D eigenvalue weighted by atomic mass is 16.1. The van der Waals surface area contributed by atoms with Gasteiger partial charge in [-0.25, -0.2) is 0 Å². The first-order valence-electron chi connectivity index (χ1n) is 12.6. The van der Waals surface area contributed by atoms with Gasteiger partial charge >= 0.3 is 0 Å². The number of nitrogens with zero attached hydrogens (tertiary/aromatic N) is 2. The average Bonchev–Trinajstić information content (AvgIpc) is 3.55. The minimum atomic E-state index is 0.132. The number of pyridine rings is 1. The molecule has 2 aromatic heterocycles. The van der Waals surface area contributed by atoms with Crippen molar-refractivity contribution < 1.29 is 4.79 Å². The van der Waals surface area contributed by atoms with E-state index in [1.807, 2.05) is 30.5 Å². The van der Waals surface area contributed by atoms with E-state index in [0.717, 1.165) is 48.4 Å². The number of benzene rings is 1. The average molecular weight is 431 g/mol. The van der Waals surface area contributed by atoms with Crippen LogP contribution in [-0.4, -0.2) is 34.7 Å². The lowest BCUT2D eigenvalue weighted by atomic mass is 10.00. The van der Waals surface area contributed by atoms with Crippen LogP contribution in [0.4, 0.5) is 0 Å². The van der Waals surface area contributed by atoms with E-state index < -0.39 is 0 Å². The molecule has 170 valence electrons. The summed E-state index contributed by atoms with van der Waals surface area (Å²) in [6, 6.07) is 16.7. The lowest BCUT2D eigenvalue weighted by molar-refractivity contribution is 0.103. The van der Waals surface area contributed by atoms with Crippen molar-refractivity contribution in [2.75, 3.05) is 19.6 Å². The van der Waals surface area contributed by atoms with Crippen LogP contribution in [0.1, 0.15) is 79.6 Å². The summed E-state index contributed by atoms with van der Waals surface area (Å²) in [6.45, 7) is 8.16. The largest absolute Gasteiger partial charge is 0.313 e. The van der Waals surface area contributed by atoms with Gasteiger partial charge in [0.05, 0.1) is 5.69 Å². The lowest BCUT2D eigenvalue weighted by Gasteiger charge is -2.21. The molecule has 0 unspecified atom stereocenters. The number of hydrogen-bond donors (Lipinski definition) is 0. The van der Waals surface area contributed by atoms with Crippen molar-refractivity contribution in [3.63, 3.8) is 0 Å². The molecule has 0 atom stereocenters. The molecule has 3 aromatic rings. The van der Waals surface area contributed by atoms with E-state index in [9.17, 15) is 4.79 Å². The van der Waals surface area contributed by atoms with Gasteiger partial charge in [-0.2, -0.15) is 0 Å². The Morgan fingerprint density at radius 2 is 1.78 bits per heavy atom. The molecule has 0 N–H and O–H groups in total. The maximum absolute atomic E-state index is 13.5. The van der Waals surface area contributed by atoms with Crippen LogP contribution in [0.25, 0.3) is 5.52 Å². The molecule has 3 nitrogen and oxygen atoms in total. The summed E-state index contributed by atoms with van der Waals surface area (Å²) >= 11 is 0. The molecule has 0 bridgehead atoms. The van der Waals surface area contributed by atoms with E-state index in [-0.39, 0.29) is 5.78 Å². The number of fused-ring (bicyclic) bond motifs is 1. The quantitative estimate of drug-likeness (QED) is 0.287. The van der Waals surface area contributed by atoms with Crippen molar-refractivity contribution in [2.45, 2.75) is 65.2 Å². The molecule has 1 aliphatic rings. The fourth-order valence-corrected chi connectivity index (χ4v) is 4.73. The summed E-state index contributed by atoms with van der Waals surface area (Å²) < 4.78 is 2.06. The van der Waals surface area contributed by atoms with Crippen LogP contribution in [0.2, 0.25) is 0 Å². The molecular weight excluding hydrogens is 392 g/mol. The Morgan fingerprint density at radius 1 is 0.969 bits per heavy atom. The number of aryl methyl sites for hydroxylation is 2. The van der Waals surface area contributed by atoms with Crippen LogP contribution in [0.3, 0.4) is 0 Å². The van der Waals surface area contributed by atoms with E-state index in [1.54, 1.807) is 0 Å². The van der Waals surface area contributed by atoms with Crippen LogP contribution in [-0.2, 0) is 12.8 Å². The molecule has 4 rings (SSSR count). The van der Waals surface area contributed by atoms with Gasteiger partial charge in [-0.1, -0.05) is 50.6 Å². The monoisotopic (exact) mass is 430 g/mol. The van der Waals surface area contributed by atoms with Crippen LogP contribution in [0.15, 0.2) is 54.7 Å². The molecule has 0 aliphatic heterocycles. The highest BCUT2D eigenvalue weighted by molar-refractivity contribution is 6.09. The third-order valence-electron chi connectivity index (χ3n) is 6.68. The first-order valence-corrected chi connectivity index (χ1v) is 12.6. The Morgan fingerprint density at radius 3 is 2.50 bits per heavy atom. The van der Waals surface area contributed by atoms with Gasteiger partial charge in [0.2, 0.25) is 5.78 Å². The van der Waals surface area contributed by atoms with Crippen LogP contribution < -0.4 is 0 Å². The Labute approximate surface area is 193 Å². The van der Waals surface area contributed by atoms with Crippen molar-refractivity contribution in [3.05, 3.63) is 77.1 Å². The standard InChI is InChI=1S/C29H38N2O/c1-3-5-10-26-21-27-11-6-7-20-31(27)28(26)29(32)25-16-14-23(15-17-25)9-8-19-30(18-4-2)22-24-12-13-24/h6-7,11,14-17,20-21,24H,3-5,8-10,12-13,18-19,22H2,1-2H3. The van der Waals surface area contributed by atoms with Gasteiger partial charge < -0.3 is 9.30 Å². The van der Waals surface area contributed by atoms with Gasteiger partial charge in [0.25, 0.3) is 0 Å². The highest BCUT2D eigenvalue weighted by Crippen LogP contribution is 2.30. The number of ketones is 1. The second kappa shape index (κ2) is 11.0. The van der Waals surface area contributed by atoms with E-state index in [0.29, 0.717) is 0 Å². The molecule has 1 fully saturated rings. The van der Waals surface area contributed by atoms with Crippen LogP contribution >= 0.6 is 0 Å². The lowest BCUT2D eigenvalue weighted by Crippen LogP contribution is -2.28.